The van der Waals surface area contributed by atoms with Crippen molar-refractivity contribution in [2.75, 3.05) is 0 Å². The molecule has 0 bridgehead atoms. The van der Waals surface area contributed by atoms with E-state index in [9.17, 15) is 18.9 Å². The molecule has 5 rings (SSSR count). The van der Waals surface area contributed by atoms with E-state index < -0.39 is 18.0 Å². The SMILES string of the molecule is NC(=O)n1cc(CC(=O)N2[C@@H]3C[C@@H]3C[C@H]2C(=O)N(F)Cc2cccc(Cl)c2)c2ccccc21. The number of primary amides is 1. The Labute approximate surface area is 194 Å². The first-order valence-electron chi connectivity index (χ1n) is 10.7. The third-order valence-electron chi connectivity index (χ3n) is 6.50. The van der Waals surface area contributed by atoms with Crippen molar-refractivity contribution < 1.29 is 18.9 Å². The molecule has 33 heavy (non-hydrogen) atoms. The van der Waals surface area contributed by atoms with Gasteiger partial charge in [-0.2, -0.15) is 5.12 Å². The molecule has 0 radical (unpaired) electrons. The van der Waals surface area contributed by atoms with Gasteiger partial charge in [-0.25, -0.2) is 4.79 Å². The van der Waals surface area contributed by atoms with Crippen LogP contribution >= 0.6 is 11.6 Å². The molecule has 3 amide bonds. The highest BCUT2D eigenvalue weighted by molar-refractivity contribution is 6.30. The number of amides is 3. The minimum atomic E-state index is -0.838. The summed E-state index contributed by atoms with van der Waals surface area (Å²) in [5.74, 6) is -0.772. The Morgan fingerprint density at radius 3 is 2.67 bits per heavy atom. The van der Waals surface area contributed by atoms with E-state index in [1.54, 1.807) is 42.6 Å². The standard InChI is InChI=1S/C24H22ClFN4O3/c25-17-5-3-4-14(8-17)12-29(26)23(32)21-10-15-9-20(15)30(21)22(31)11-16-13-28(24(27)33)19-7-2-1-6-18(16)19/h1-8,13,15,20-21H,9-12H2,(H2,27,33)/t15-,20-,21+/m1/s1. The molecule has 1 aliphatic heterocycles. The van der Waals surface area contributed by atoms with Gasteiger partial charge in [-0.1, -0.05) is 46.4 Å². The lowest BCUT2D eigenvalue weighted by Crippen LogP contribution is -2.47. The molecule has 2 aliphatic rings. The molecule has 2 N–H and O–H groups in total. The molecule has 3 atom stereocenters. The van der Waals surface area contributed by atoms with Gasteiger partial charge in [0.2, 0.25) is 5.91 Å². The summed E-state index contributed by atoms with van der Waals surface area (Å²) >= 11 is 5.95. The Morgan fingerprint density at radius 1 is 1.12 bits per heavy atom. The number of rotatable bonds is 5. The number of carbonyl (C=O) groups excluding carboxylic acids is 3. The second-order valence-corrected chi connectivity index (χ2v) is 9.10. The highest BCUT2D eigenvalue weighted by Crippen LogP contribution is 2.48. The average molecular weight is 469 g/mol. The topological polar surface area (TPSA) is 88.6 Å². The van der Waals surface area contributed by atoms with Crippen LogP contribution in [0.25, 0.3) is 10.9 Å². The normalized spacial score (nSPS) is 21.2. The summed E-state index contributed by atoms with van der Waals surface area (Å²) in [5, 5.41) is 1.37. The van der Waals surface area contributed by atoms with Crippen molar-refractivity contribution in [3.05, 3.63) is 70.9 Å². The molecule has 1 aliphatic carbocycles. The Kier molecular flexibility index (Phi) is 5.32. The molecule has 2 fully saturated rings. The van der Waals surface area contributed by atoms with Gasteiger partial charge in [-0.3, -0.25) is 14.2 Å². The number of aromatic nitrogens is 1. The number of fused-ring (bicyclic) bond motifs is 2. The van der Waals surface area contributed by atoms with Crippen molar-refractivity contribution >= 4 is 40.3 Å². The van der Waals surface area contributed by atoms with Gasteiger partial charge < -0.3 is 10.6 Å². The Hall–Kier alpha value is -3.39. The zero-order valence-electron chi connectivity index (χ0n) is 17.7. The van der Waals surface area contributed by atoms with E-state index >= 15 is 0 Å². The number of hydrogen-bond donors (Lipinski definition) is 1. The first-order chi connectivity index (χ1) is 15.8. The van der Waals surface area contributed by atoms with Crippen LogP contribution in [-0.2, 0) is 22.6 Å². The van der Waals surface area contributed by atoms with Crippen LogP contribution in [0.1, 0.15) is 24.0 Å². The van der Waals surface area contributed by atoms with Crippen LogP contribution < -0.4 is 5.73 Å². The molecular weight excluding hydrogens is 447 g/mol. The van der Waals surface area contributed by atoms with Crippen LogP contribution in [0, 0.1) is 5.92 Å². The van der Waals surface area contributed by atoms with Crippen LogP contribution in [-0.4, -0.2) is 44.5 Å². The number of carbonyl (C=O) groups is 3. The van der Waals surface area contributed by atoms with Gasteiger partial charge in [0.05, 0.1) is 18.5 Å². The second kappa shape index (κ2) is 8.19. The molecule has 2 heterocycles. The Bertz CT molecular complexity index is 1280. The molecule has 1 saturated heterocycles. The van der Waals surface area contributed by atoms with Crippen molar-refractivity contribution in [3.63, 3.8) is 0 Å². The van der Waals surface area contributed by atoms with E-state index in [4.69, 9.17) is 17.3 Å². The summed E-state index contributed by atoms with van der Waals surface area (Å²) < 4.78 is 16.1. The van der Waals surface area contributed by atoms with Crippen LogP contribution in [0.15, 0.2) is 54.7 Å². The summed E-state index contributed by atoms with van der Waals surface area (Å²) in [6.07, 6.45) is 2.82. The molecule has 0 unspecified atom stereocenters. The van der Waals surface area contributed by atoms with Crippen molar-refractivity contribution in [2.24, 2.45) is 11.7 Å². The summed E-state index contributed by atoms with van der Waals surface area (Å²) in [4.78, 5) is 39.6. The van der Waals surface area contributed by atoms with E-state index in [1.807, 2.05) is 12.1 Å². The van der Waals surface area contributed by atoms with Gasteiger partial charge in [-0.05, 0) is 48.1 Å². The molecule has 170 valence electrons. The highest BCUT2D eigenvalue weighted by atomic mass is 35.5. The number of likely N-dealkylation sites (tertiary alicyclic amines) is 1. The highest BCUT2D eigenvalue weighted by Gasteiger charge is 2.56. The molecule has 7 nitrogen and oxygen atoms in total. The first kappa shape index (κ1) is 21.5. The quantitative estimate of drug-likeness (QED) is 0.579. The lowest BCUT2D eigenvalue weighted by atomic mass is 10.1. The number of piperidine rings is 1. The van der Waals surface area contributed by atoms with Gasteiger partial charge >= 0.3 is 6.03 Å². The molecule has 0 spiro atoms. The molecule has 1 saturated carbocycles. The maximum absolute atomic E-state index is 14.8. The van der Waals surface area contributed by atoms with E-state index in [0.717, 1.165) is 11.8 Å². The number of hydrogen-bond acceptors (Lipinski definition) is 3. The first-order valence-corrected chi connectivity index (χ1v) is 11.1. The van der Waals surface area contributed by atoms with Crippen LogP contribution in [0.5, 0.6) is 0 Å². The lowest BCUT2D eigenvalue weighted by Gasteiger charge is -2.28. The third-order valence-corrected chi connectivity index (χ3v) is 6.74. The summed E-state index contributed by atoms with van der Waals surface area (Å²) in [7, 11) is 0. The number of benzene rings is 2. The van der Waals surface area contributed by atoms with Crippen LogP contribution in [0.4, 0.5) is 9.28 Å². The van der Waals surface area contributed by atoms with E-state index in [2.05, 4.69) is 0 Å². The fourth-order valence-electron chi connectivity index (χ4n) is 4.90. The number of para-hydroxylation sites is 1. The third kappa shape index (κ3) is 3.95. The fraction of sp³-hybridized carbons (Fsp3) is 0.292. The minimum absolute atomic E-state index is 0.00558. The van der Waals surface area contributed by atoms with Crippen molar-refractivity contribution in [1.82, 2.24) is 14.6 Å². The predicted octanol–water partition coefficient (Wildman–Crippen LogP) is 3.67. The lowest BCUT2D eigenvalue weighted by molar-refractivity contribution is -0.157. The van der Waals surface area contributed by atoms with Crippen molar-refractivity contribution in [3.8, 4) is 0 Å². The van der Waals surface area contributed by atoms with Gasteiger partial charge in [0.1, 0.15) is 6.04 Å². The fourth-order valence-corrected chi connectivity index (χ4v) is 5.11. The van der Waals surface area contributed by atoms with Gasteiger partial charge in [0.15, 0.2) is 0 Å². The number of halogens is 2. The van der Waals surface area contributed by atoms with Gasteiger partial charge in [-0.15, -0.1) is 0 Å². The van der Waals surface area contributed by atoms with Crippen LogP contribution in [0.2, 0.25) is 5.02 Å². The molecule has 1 aromatic heterocycles. The van der Waals surface area contributed by atoms with Crippen molar-refractivity contribution in [2.45, 2.75) is 37.9 Å². The summed E-state index contributed by atoms with van der Waals surface area (Å²) in [6, 6.07) is 12.3. The summed E-state index contributed by atoms with van der Waals surface area (Å²) in [6.45, 7) is -0.237. The zero-order valence-corrected chi connectivity index (χ0v) is 18.4. The van der Waals surface area contributed by atoms with E-state index in [0.29, 0.717) is 28.1 Å². The molecular formula is C24H22ClFN4O3. The Morgan fingerprint density at radius 2 is 1.91 bits per heavy atom. The van der Waals surface area contributed by atoms with Gasteiger partial charge in [0, 0.05) is 22.6 Å². The molecule has 9 heteroatoms. The largest absolute Gasteiger partial charge is 0.351 e. The average Bonchev–Trinajstić information content (AvgIpc) is 3.29. The Balaban J connectivity index is 1.35. The van der Waals surface area contributed by atoms with Crippen LogP contribution in [0.3, 0.4) is 0 Å². The predicted molar refractivity (Wildman–Crippen MR) is 121 cm³/mol. The maximum atomic E-state index is 14.8. The van der Waals surface area contributed by atoms with Crippen molar-refractivity contribution in [1.29, 1.82) is 0 Å². The van der Waals surface area contributed by atoms with E-state index in [1.165, 1.54) is 9.47 Å². The number of nitrogens with zero attached hydrogens (tertiary/aromatic N) is 3. The molecule has 3 aromatic rings. The smallest absolute Gasteiger partial charge is 0.323 e. The second-order valence-electron chi connectivity index (χ2n) is 8.66. The zero-order chi connectivity index (χ0) is 23.3. The maximum Gasteiger partial charge on any atom is 0.323 e. The van der Waals surface area contributed by atoms with Gasteiger partial charge in [0.25, 0.3) is 5.91 Å². The monoisotopic (exact) mass is 468 g/mol. The summed E-state index contributed by atoms with van der Waals surface area (Å²) in [5.41, 5.74) is 7.29. The minimum Gasteiger partial charge on any atom is -0.351 e. The van der Waals surface area contributed by atoms with E-state index in [-0.39, 0.29) is 36.0 Å². The molecule has 2 aromatic carbocycles. The number of nitrogens with two attached hydrogens (primary N) is 1.